The smallest absolute Gasteiger partial charge is 0.300 e. The van der Waals surface area contributed by atoms with E-state index < -0.39 is 17.7 Å². The van der Waals surface area contributed by atoms with Crippen molar-refractivity contribution in [3.63, 3.8) is 0 Å². The number of ether oxygens (including phenoxy) is 3. The Kier molecular flexibility index (Phi) is 8.29. The summed E-state index contributed by atoms with van der Waals surface area (Å²) in [5, 5.41) is 11.6. The summed E-state index contributed by atoms with van der Waals surface area (Å²) < 4.78 is 16.6. The van der Waals surface area contributed by atoms with Gasteiger partial charge in [-0.05, 0) is 54.2 Å². The van der Waals surface area contributed by atoms with E-state index in [2.05, 4.69) is 6.92 Å². The highest BCUT2D eigenvalue weighted by molar-refractivity contribution is 6.51. The number of Topliss-reactive ketones (excluding diaryl/α,β-unsaturated/α-hetero) is 1. The van der Waals surface area contributed by atoms with Gasteiger partial charge in [0, 0.05) is 23.8 Å². The fourth-order valence-electron chi connectivity index (χ4n) is 4.87. The van der Waals surface area contributed by atoms with E-state index in [4.69, 9.17) is 14.2 Å². The van der Waals surface area contributed by atoms with E-state index in [0.29, 0.717) is 34.9 Å². The summed E-state index contributed by atoms with van der Waals surface area (Å²) in [7, 11) is 3.04. The minimum atomic E-state index is -0.859. The number of nitrogens with zero attached hydrogens (tertiary/aromatic N) is 1. The van der Waals surface area contributed by atoms with Crippen LogP contribution in [0.1, 0.15) is 61.9 Å². The van der Waals surface area contributed by atoms with E-state index in [0.717, 1.165) is 23.3 Å². The summed E-state index contributed by atoms with van der Waals surface area (Å²) in [5.74, 6) is 0.0346. The second-order valence-corrected chi connectivity index (χ2v) is 9.68. The van der Waals surface area contributed by atoms with Gasteiger partial charge in [0.15, 0.2) is 0 Å². The molecule has 1 unspecified atom stereocenters. The number of anilines is 1. The van der Waals surface area contributed by atoms with Gasteiger partial charge in [0.05, 0.1) is 38.1 Å². The van der Waals surface area contributed by atoms with Crippen molar-refractivity contribution in [2.75, 3.05) is 25.7 Å². The quantitative estimate of drug-likeness (QED) is 0.196. The van der Waals surface area contributed by atoms with Gasteiger partial charge in [-0.3, -0.25) is 14.5 Å². The molecule has 0 bridgehead atoms. The number of methoxy groups -OCH3 is 2. The van der Waals surface area contributed by atoms with Crippen molar-refractivity contribution in [1.29, 1.82) is 0 Å². The molecule has 0 radical (unpaired) electrons. The van der Waals surface area contributed by atoms with Crippen molar-refractivity contribution < 1.29 is 28.9 Å². The van der Waals surface area contributed by atoms with Crippen molar-refractivity contribution >= 4 is 23.1 Å². The fraction of sp³-hybridized carbons (Fsp3) is 0.312. The molecule has 0 aliphatic carbocycles. The van der Waals surface area contributed by atoms with Gasteiger partial charge < -0.3 is 19.3 Å². The lowest BCUT2D eigenvalue weighted by Crippen LogP contribution is -2.29. The second kappa shape index (κ2) is 11.6. The van der Waals surface area contributed by atoms with Crippen LogP contribution in [0.15, 0.2) is 66.2 Å². The van der Waals surface area contributed by atoms with Crippen molar-refractivity contribution in [1.82, 2.24) is 0 Å². The number of rotatable bonds is 9. The predicted octanol–water partition coefficient (Wildman–Crippen LogP) is 6.41. The molecule has 0 aromatic heterocycles. The van der Waals surface area contributed by atoms with Crippen LogP contribution < -0.4 is 19.1 Å². The number of aryl methyl sites for hydroxylation is 1. The third-order valence-corrected chi connectivity index (χ3v) is 6.97. The molecule has 1 amide bonds. The lowest BCUT2D eigenvalue weighted by Gasteiger charge is -2.26. The standard InChI is InChI=1S/C32H35NO6/c1-7-20-9-11-21(12-10-20)29-28(30(34)22-13-14-27(39-8-2)26(15-22)19(3)4)31(35)32(36)33(29)23-16-24(37-5)18-25(17-23)38-6/h9-19,29,34H,7-8H2,1-6H3/b30-28-. The Labute approximate surface area is 229 Å². The van der Waals surface area contributed by atoms with E-state index in [1.165, 1.54) is 19.1 Å². The Morgan fingerprint density at radius 3 is 2.10 bits per heavy atom. The molecule has 3 aromatic rings. The number of amides is 1. The summed E-state index contributed by atoms with van der Waals surface area (Å²) >= 11 is 0. The Bertz CT molecular complexity index is 1380. The van der Waals surface area contributed by atoms with Crippen LogP contribution in [0, 0.1) is 0 Å². The van der Waals surface area contributed by atoms with Crippen LogP contribution in [0.5, 0.6) is 17.2 Å². The van der Waals surface area contributed by atoms with Crippen LogP contribution in [0.4, 0.5) is 5.69 Å². The Balaban J connectivity index is 1.95. The average molecular weight is 530 g/mol. The minimum absolute atomic E-state index is 0.0184. The zero-order valence-electron chi connectivity index (χ0n) is 23.3. The molecule has 39 heavy (non-hydrogen) atoms. The summed E-state index contributed by atoms with van der Waals surface area (Å²) in [5.41, 5.74) is 3.60. The number of benzene rings is 3. The van der Waals surface area contributed by atoms with E-state index in [1.54, 1.807) is 30.3 Å². The van der Waals surface area contributed by atoms with Gasteiger partial charge >= 0.3 is 0 Å². The third kappa shape index (κ3) is 5.35. The van der Waals surface area contributed by atoms with Gasteiger partial charge in [-0.1, -0.05) is 45.0 Å². The first-order valence-electron chi connectivity index (χ1n) is 13.1. The van der Waals surface area contributed by atoms with Crippen LogP contribution in [-0.2, 0) is 16.0 Å². The molecule has 3 aromatic carbocycles. The molecule has 0 saturated carbocycles. The number of hydrogen-bond acceptors (Lipinski definition) is 6. The maximum absolute atomic E-state index is 13.6. The number of carbonyl (C=O) groups excluding carboxylic acids is 2. The number of aliphatic hydroxyl groups excluding tert-OH is 1. The third-order valence-electron chi connectivity index (χ3n) is 6.97. The van der Waals surface area contributed by atoms with Crippen LogP contribution in [-0.4, -0.2) is 37.6 Å². The molecule has 0 spiro atoms. The van der Waals surface area contributed by atoms with Crippen LogP contribution in [0.2, 0.25) is 0 Å². The van der Waals surface area contributed by atoms with E-state index >= 15 is 0 Å². The molecule has 7 heteroatoms. The molecule has 1 N–H and O–H groups in total. The average Bonchev–Trinajstić information content (AvgIpc) is 3.22. The predicted molar refractivity (Wildman–Crippen MR) is 152 cm³/mol. The van der Waals surface area contributed by atoms with E-state index in [-0.39, 0.29) is 17.3 Å². The van der Waals surface area contributed by atoms with Crippen LogP contribution >= 0.6 is 0 Å². The number of aliphatic hydroxyl groups is 1. The van der Waals surface area contributed by atoms with Crippen LogP contribution in [0.3, 0.4) is 0 Å². The second-order valence-electron chi connectivity index (χ2n) is 9.68. The van der Waals surface area contributed by atoms with Crippen molar-refractivity contribution in [2.45, 2.75) is 46.1 Å². The molecule has 4 rings (SSSR count). The van der Waals surface area contributed by atoms with E-state index in [9.17, 15) is 14.7 Å². The Hall–Kier alpha value is -4.26. The molecule has 1 fully saturated rings. The summed E-state index contributed by atoms with van der Waals surface area (Å²) in [6.45, 7) is 8.55. The first kappa shape index (κ1) is 27.8. The van der Waals surface area contributed by atoms with Gasteiger partial charge in [-0.2, -0.15) is 0 Å². The zero-order chi connectivity index (χ0) is 28.3. The molecule has 1 aliphatic rings. The van der Waals surface area contributed by atoms with Gasteiger partial charge in [0.1, 0.15) is 23.0 Å². The van der Waals surface area contributed by atoms with Crippen molar-refractivity contribution in [2.24, 2.45) is 0 Å². The first-order valence-corrected chi connectivity index (χ1v) is 13.1. The molecule has 1 aliphatic heterocycles. The SMILES string of the molecule is CCOc1ccc(/C(O)=C2/C(=O)C(=O)N(c3cc(OC)cc(OC)c3)C2c2ccc(CC)cc2)cc1C(C)C. The fourth-order valence-corrected chi connectivity index (χ4v) is 4.87. The van der Waals surface area contributed by atoms with Crippen LogP contribution in [0.25, 0.3) is 5.76 Å². The summed E-state index contributed by atoms with van der Waals surface area (Å²) in [6, 6.07) is 17.2. The highest BCUT2D eigenvalue weighted by Crippen LogP contribution is 2.44. The monoisotopic (exact) mass is 529 g/mol. The first-order chi connectivity index (χ1) is 18.7. The zero-order valence-corrected chi connectivity index (χ0v) is 23.3. The van der Waals surface area contributed by atoms with Gasteiger partial charge in [0.2, 0.25) is 0 Å². The molecular formula is C32H35NO6. The van der Waals surface area contributed by atoms with Gasteiger partial charge in [0.25, 0.3) is 11.7 Å². The molecule has 7 nitrogen and oxygen atoms in total. The normalized spacial score (nSPS) is 16.6. The largest absolute Gasteiger partial charge is 0.507 e. The molecule has 1 heterocycles. The van der Waals surface area contributed by atoms with Gasteiger partial charge in [-0.15, -0.1) is 0 Å². The molecule has 1 saturated heterocycles. The summed E-state index contributed by atoms with van der Waals surface area (Å²) in [4.78, 5) is 28.6. The highest BCUT2D eigenvalue weighted by Gasteiger charge is 2.47. The minimum Gasteiger partial charge on any atom is -0.507 e. The van der Waals surface area contributed by atoms with Crippen molar-refractivity contribution in [3.05, 3.63) is 88.5 Å². The lowest BCUT2D eigenvalue weighted by atomic mass is 9.92. The Morgan fingerprint density at radius 2 is 1.56 bits per heavy atom. The highest BCUT2D eigenvalue weighted by atomic mass is 16.5. The molecule has 204 valence electrons. The molecule has 1 atom stereocenters. The Morgan fingerprint density at radius 1 is 0.923 bits per heavy atom. The lowest BCUT2D eigenvalue weighted by molar-refractivity contribution is -0.132. The number of ketones is 1. The van der Waals surface area contributed by atoms with E-state index in [1.807, 2.05) is 51.1 Å². The molecular weight excluding hydrogens is 494 g/mol. The number of hydrogen-bond donors (Lipinski definition) is 1. The van der Waals surface area contributed by atoms with Gasteiger partial charge in [-0.25, -0.2) is 0 Å². The van der Waals surface area contributed by atoms with Crippen molar-refractivity contribution in [3.8, 4) is 17.2 Å². The topological polar surface area (TPSA) is 85.3 Å². The maximum atomic E-state index is 13.6. The number of carbonyl (C=O) groups is 2. The summed E-state index contributed by atoms with van der Waals surface area (Å²) in [6.07, 6.45) is 0.845. The maximum Gasteiger partial charge on any atom is 0.300 e.